The van der Waals surface area contributed by atoms with Gasteiger partial charge in [-0.3, -0.25) is 10.0 Å². The number of fused-ring (bicyclic) bond motifs is 1. The van der Waals surface area contributed by atoms with Crippen LogP contribution in [0.15, 0.2) is 64.8 Å². The van der Waals surface area contributed by atoms with Crippen LogP contribution in [-0.2, 0) is 11.4 Å². The van der Waals surface area contributed by atoms with Crippen LogP contribution in [0.4, 0.5) is 0 Å². The first-order valence-corrected chi connectivity index (χ1v) is 9.65. The number of carbonyl (C=O) groups is 1. The summed E-state index contributed by atoms with van der Waals surface area (Å²) in [5.41, 5.74) is 4.70. The summed E-state index contributed by atoms with van der Waals surface area (Å²) in [7, 11) is 0. The first kappa shape index (κ1) is 21.5. The highest BCUT2D eigenvalue weighted by atomic mass is 35.5. The summed E-state index contributed by atoms with van der Waals surface area (Å²) in [6.45, 7) is 4.53. The molecule has 2 aromatic carbocycles. The number of halogens is 1. The maximum Gasteiger partial charge on any atom is 0.267 e. The van der Waals surface area contributed by atoms with E-state index < -0.39 is 5.91 Å². The Balaban J connectivity index is 2.04. The highest BCUT2D eigenvalue weighted by molar-refractivity contribution is 6.30. The Morgan fingerprint density at radius 3 is 2.77 bits per heavy atom. The minimum Gasteiger partial charge on any atom is -0.484 e. The van der Waals surface area contributed by atoms with Crippen molar-refractivity contribution in [1.82, 2.24) is 5.48 Å². The molecule has 1 aromatic heterocycles. The summed E-state index contributed by atoms with van der Waals surface area (Å²) < 4.78 is 17.7. The number of amides is 1. The molecule has 30 heavy (non-hydrogen) atoms. The molecule has 2 N–H and O–H groups in total. The molecule has 0 aliphatic rings. The molecule has 0 atom stereocenters. The Morgan fingerprint density at radius 2 is 2.03 bits per heavy atom. The Morgan fingerprint density at radius 1 is 1.20 bits per heavy atom. The van der Waals surface area contributed by atoms with E-state index in [0.717, 1.165) is 16.5 Å². The van der Waals surface area contributed by atoms with Crippen LogP contribution in [0.5, 0.6) is 11.5 Å². The molecule has 0 saturated carbocycles. The van der Waals surface area contributed by atoms with Crippen LogP contribution >= 0.6 is 11.6 Å². The van der Waals surface area contributed by atoms with Crippen molar-refractivity contribution in [1.29, 1.82) is 0 Å². The van der Waals surface area contributed by atoms with E-state index in [9.17, 15) is 4.79 Å². The van der Waals surface area contributed by atoms with Gasteiger partial charge in [-0.25, -0.2) is 5.48 Å². The third-order valence-electron chi connectivity index (χ3n) is 4.20. The van der Waals surface area contributed by atoms with Crippen LogP contribution < -0.4 is 15.0 Å². The van der Waals surface area contributed by atoms with Crippen molar-refractivity contribution in [2.24, 2.45) is 0 Å². The number of hydrogen-bond donors (Lipinski definition) is 2. The van der Waals surface area contributed by atoms with Gasteiger partial charge in [-0.1, -0.05) is 29.3 Å². The lowest BCUT2D eigenvalue weighted by Crippen LogP contribution is -2.14. The van der Waals surface area contributed by atoms with Crippen LogP contribution in [0.25, 0.3) is 17.0 Å². The second kappa shape index (κ2) is 10.0. The fourth-order valence-electron chi connectivity index (χ4n) is 2.77. The first-order chi connectivity index (χ1) is 14.5. The summed E-state index contributed by atoms with van der Waals surface area (Å²) in [6, 6.07) is 11.0. The number of rotatable bonds is 8. The lowest BCUT2D eigenvalue weighted by molar-refractivity contribution is -0.124. The summed E-state index contributed by atoms with van der Waals surface area (Å²) >= 11 is 6.07. The van der Waals surface area contributed by atoms with Crippen molar-refractivity contribution in [3.05, 3.63) is 76.5 Å². The third kappa shape index (κ3) is 5.43. The maximum atomic E-state index is 11.5. The first-order valence-electron chi connectivity index (χ1n) is 9.27. The number of allylic oxidation sites excluding steroid dienone is 1. The van der Waals surface area contributed by atoms with Crippen molar-refractivity contribution < 1.29 is 23.9 Å². The number of hydrogen-bond acceptors (Lipinski definition) is 5. The molecule has 6 nitrogen and oxygen atoms in total. The molecule has 0 aliphatic heterocycles. The largest absolute Gasteiger partial charge is 0.484 e. The van der Waals surface area contributed by atoms with Gasteiger partial charge in [0.2, 0.25) is 5.75 Å². The molecule has 0 bridgehead atoms. The number of benzene rings is 2. The van der Waals surface area contributed by atoms with Crippen LogP contribution in [0.1, 0.15) is 25.0 Å². The molecule has 7 heteroatoms. The number of nitrogens with one attached hydrogen (secondary N) is 1. The van der Waals surface area contributed by atoms with Crippen molar-refractivity contribution in [2.45, 2.75) is 20.5 Å². The molecule has 1 amide bonds. The molecule has 0 aliphatic carbocycles. The van der Waals surface area contributed by atoms with E-state index in [1.807, 2.05) is 44.2 Å². The van der Waals surface area contributed by atoms with Gasteiger partial charge in [-0.2, -0.15) is 0 Å². The van der Waals surface area contributed by atoms with Gasteiger partial charge in [-0.05, 0) is 55.8 Å². The molecule has 0 spiro atoms. The van der Waals surface area contributed by atoms with E-state index in [1.54, 1.807) is 30.0 Å². The molecule has 0 saturated heterocycles. The zero-order valence-electron chi connectivity index (χ0n) is 16.6. The minimum atomic E-state index is -0.657. The van der Waals surface area contributed by atoms with E-state index in [2.05, 4.69) is 0 Å². The van der Waals surface area contributed by atoms with Crippen molar-refractivity contribution in [3.63, 3.8) is 0 Å². The highest BCUT2D eigenvalue weighted by Gasteiger charge is 2.18. The van der Waals surface area contributed by atoms with Crippen LogP contribution in [0.3, 0.4) is 0 Å². The van der Waals surface area contributed by atoms with Gasteiger partial charge in [0.05, 0.1) is 6.26 Å². The SMILES string of the molecule is CC(C)=CCOc1c(OCc2cccc(Cl)c2)c(/C=C/C(=O)NO)cc2ccoc12. The monoisotopic (exact) mass is 427 g/mol. The molecule has 156 valence electrons. The van der Waals surface area contributed by atoms with Crippen LogP contribution in [-0.4, -0.2) is 17.7 Å². The maximum absolute atomic E-state index is 11.5. The molecular formula is C23H22ClNO5. The number of hydroxylamine groups is 1. The molecular weight excluding hydrogens is 406 g/mol. The second-order valence-corrected chi connectivity index (χ2v) is 7.22. The zero-order chi connectivity index (χ0) is 21.5. The van der Waals surface area contributed by atoms with E-state index in [0.29, 0.717) is 34.3 Å². The van der Waals surface area contributed by atoms with Gasteiger partial charge in [0.1, 0.15) is 13.2 Å². The number of carbonyl (C=O) groups excluding carboxylic acids is 1. The van der Waals surface area contributed by atoms with E-state index in [-0.39, 0.29) is 6.61 Å². The van der Waals surface area contributed by atoms with E-state index in [1.165, 1.54) is 6.08 Å². The molecule has 0 unspecified atom stereocenters. The Bertz CT molecular complexity index is 1100. The summed E-state index contributed by atoms with van der Waals surface area (Å²) in [5.74, 6) is 0.192. The second-order valence-electron chi connectivity index (χ2n) is 6.78. The van der Waals surface area contributed by atoms with Crippen molar-refractivity contribution in [2.75, 3.05) is 6.61 Å². The summed E-state index contributed by atoms with van der Waals surface area (Å²) in [4.78, 5) is 11.5. The van der Waals surface area contributed by atoms with Crippen LogP contribution in [0.2, 0.25) is 5.02 Å². The zero-order valence-corrected chi connectivity index (χ0v) is 17.4. The van der Waals surface area contributed by atoms with Crippen molar-refractivity contribution in [3.8, 4) is 11.5 Å². The standard InChI is InChI=1S/C23H22ClNO5/c1-15(2)8-10-29-23-21-18(9-11-28-21)13-17(6-7-20(26)25-27)22(23)30-14-16-4-3-5-19(24)12-16/h3-9,11-13,27H,10,14H2,1-2H3,(H,25,26)/b7-6+. The van der Waals surface area contributed by atoms with Gasteiger partial charge < -0.3 is 13.9 Å². The molecule has 3 aromatic rings. The van der Waals surface area contributed by atoms with E-state index in [4.69, 9.17) is 30.7 Å². The highest BCUT2D eigenvalue weighted by Crippen LogP contribution is 2.41. The average Bonchev–Trinajstić information content (AvgIpc) is 3.19. The Labute approximate surface area is 179 Å². The summed E-state index contributed by atoms with van der Waals surface area (Å²) in [6.07, 6.45) is 6.25. The molecule has 3 rings (SSSR count). The number of furan rings is 1. The van der Waals surface area contributed by atoms with Crippen LogP contribution in [0, 0.1) is 0 Å². The number of ether oxygens (including phenoxy) is 2. The Hall–Kier alpha value is -3.22. The van der Waals surface area contributed by atoms with Gasteiger partial charge in [0.25, 0.3) is 5.91 Å². The topological polar surface area (TPSA) is 80.9 Å². The predicted molar refractivity (Wildman–Crippen MR) is 116 cm³/mol. The Kier molecular flexibility index (Phi) is 7.17. The van der Waals surface area contributed by atoms with Crippen molar-refractivity contribution >= 4 is 34.6 Å². The minimum absolute atomic E-state index is 0.235. The average molecular weight is 428 g/mol. The molecule has 0 fully saturated rings. The molecule has 0 radical (unpaired) electrons. The van der Waals surface area contributed by atoms with Gasteiger partial charge >= 0.3 is 0 Å². The lowest BCUT2D eigenvalue weighted by Gasteiger charge is -2.15. The van der Waals surface area contributed by atoms with Gasteiger partial charge in [-0.15, -0.1) is 0 Å². The summed E-state index contributed by atoms with van der Waals surface area (Å²) in [5, 5.41) is 10.2. The lowest BCUT2D eigenvalue weighted by atomic mass is 10.1. The van der Waals surface area contributed by atoms with E-state index >= 15 is 0 Å². The third-order valence-corrected chi connectivity index (χ3v) is 4.43. The van der Waals surface area contributed by atoms with Gasteiger partial charge in [0, 0.05) is 22.0 Å². The fourth-order valence-corrected chi connectivity index (χ4v) is 2.98. The fraction of sp³-hybridized carbons (Fsp3) is 0.174. The molecule has 1 heterocycles. The normalized spacial score (nSPS) is 10.9. The quantitative estimate of drug-likeness (QED) is 0.214. The predicted octanol–water partition coefficient (Wildman–Crippen LogP) is 5.53. The van der Waals surface area contributed by atoms with Gasteiger partial charge in [0.15, 0.2) is 11.3 Å². The smallest absolute Gasteiger partial charge is 0.267 e.